The Labute approximate surface area is 118 Å². The number of methoxy groups -OCH3 is 1. The monoisotopic (exact) mass is 267 g/mol. The lowest BCUT2D eigenvalue weighted by Gasteiger charge is -2.11. The number of carbonyl (C=O) groups excluding carboxylic acids is 1. The van der Waals surface area contributed by atoms with E-state index in [0.717, 1.165) is 16.8 Å². The third-order valence-electron chi connectivity index (χ3n) is 2.87. The van der Waals surface area contributed by atoms with E-state index in [1.54, 1.807) is 0 Å². The van der Waals surface area contributed by atoms with Gasteiger partial charge in [-0.05, 0) is 11.1 Å². The summed E-state index contributed by atoms with van der Waals surface area (Å²) in [4.78, 5) is 11.5. The normalized spacial score (nSPS) is 10.9. The molecule has 0 heterocycles. The van der Waals surface area contributed by atoms with Crippen LogP contribution in [-0.2, 0) is 16.1 Å². The van der Waals surface area contributed by atoms with Crippen molar-refractivity contribution in [2.24, 2.45) is 0 Å². The summed E-state index contributed by atoms with van der Waals surface area (Å²) in [6.45, 7) is 0.651. The van der Waals surface area contributed by atoms with Crippen molar-refractivity contribution >= 4 is 11.7 Å². The van der Waals surface area contributed by atoms with Crippen molar-refractivity contribution in [3.05, 3.63) is 77.9 Å². The second-order valence-electron chi connectivity index (χ2n) is 4.29. The highest BCUT2D eigenvalue weighted by atomic mass is 16.5. The van der Waals surface area contributed by atoms with Crippen LogP contribution in [0.3, 0.4) is 0 Å². The molecule has 0 aliphatic carbocycles. The molecule has 0 saturated carbocycles. The topological polar surface area (TPSA) is 38.3 Å². The molecule has 0 bridgehead atoms. The van der Waals surface area contributed by atoms with Gasteiger partial charge < -0.3 is 10.1 Å². The molecular weight excluding hydrogens is 250 g/mol. The second kappa shape index (κ2) is 7.14. The molecule has 0 aliphatic heterocycles. The average molecular weight is 267 g/mol. The third-order valence-corrected chi connectivity index (χ3v) is 2.87. The summed E-state index contributed by atoms with van der Waals surface area (Å²) in [5.74, 6) is -0.371. The van der Waals surface area contributed by atoms with Gasteiger partial charge in [0.25, 0.3) is 0 Å². The molecule has 3 nitrogen and oxygen atoms in total. The number of hydrogen-bond donors (Lipinski definition) is 1. The van der Waals surface area contributed by atoms with Crippen LogP contribution in [0.25, 0.3) is 5.70 Å². The van der Waals surface area contributed by atoms with Gasteiger partial charge in [0.2, 0.25) is 0 Å². The Morgan fingerprint density at radius 1 is 1.05 bits per heavy atom. The van der Waals surface area contributed by atoms with Gasteiger partial charge in [-0.1, -0.05) is 60.7 Å². The number of carbonyl (C=O) groups is 1. The molecular formula is C17H17NO2. The van der Waals surface area contributed by atoms with Crippen LogP contribution in [0.5, 0.6) is 0 Å². The second-order valence-corrected chi connectivity index (χ2v) is 4.29. The number of rotatable bonds is 5. The Hall–Kier alpha value is -2.55. The minimum Gasteiger partial charge on any atom is -0.466 e. The van der Waals surface area contributed by atoms with E-state index in [0.29, 0.717) is 6.54 Å². The standard InChI is InChI=1S/C17H17NO2/c1-20-17(19)12-16(15-10-6-3-7-11-15)18-13-14-8-4-2-5-9-14/h2-12,18H,13H2,1H3. The number of hydrogen-bond acceptors (Lipinski definition) is 3. The van der Waals surface area contributed by atoms with E-state index in [1.165, 1.54) is 13.2 Å². The number of esters is 1. The maximum atomic E-state index is 11.5. The van der Waals surface area contributed by atoms with Crippen molar-refractivity contribution in [2.75, 3.05) is 7.11 Å². The predicted octanol–water partition coefficient (Wildman–Crippen LogP) is 2.99. The Kier molecular flexibility index (Phi) is 4.95. The summed E-state index contributed by atoms with van der Waals surface area (Å²) in [6, 6.07) is 19.7. The molecule has 2 aromatic rings. The van der Waals surface area contributed by atoms with Gasteiger partial charge >= 0.3 is 5.97 Å². The Bertz CT molecular complexity index is 576. The fourth-order valence-electron chi connectivity index (χ4n) is 1.82. The molecule has 1 N–H and O–H groups in total. The van der Waals surface area contributed by atoms with Gasteiger partial charge in [0.05, 0.1) is 7.11 Å². The zero-order chi connectivity index (χ0) is 14.2. The lowest BCUT2D eigenvalue weighted by Crippen LogP contribution is -2.13. The van der Waals surface area contributed by atoms with Crippen molar-refractivity contribution in [1.29, 1.82) is 0 Å². The van der Waals surface area contributed by atoms with E-state index >= 15 is 0 Å². The Balaban J connectivity index is 2.16. The molecule has 0 fully saturated rings. The highest BCUT2D eigenvalue weighted by molar-refractivity contribution is 5.90. The first-order valence-corrected chi connectivity index (χ1v) is 6.42. The van der Waals surface area contributed by atoms with Gasteiger partial charge in [0, 0.05) is 18.3 Å². The molecule has 0 radical (unpaired) electrons. The van der Waals surface area contributed by atoms with Crippen molar-refractivity contribution in [1.82, 2.24) is 5.32 Å². The molecule has 2 aromatic carbocycles. The maximum Gasteiger partial charge on any atom is 0.332 e. The SMILES string of the molecule is COC(=O)C=C(NCc1ccccc1)c1ccccc1. The van der Waals surface area contributed by atoms with Crippen LogP contribution in [0, 0.1) is 0 Å². The molecule has 0 aliphatic rings. The van der Waals surface area contributed by atoms with Gasteiger partial charge in [-0.3, -0.25) is 0 Å². The molecule has 20 heavy (non-hydrogen) atoms. The molecule has 0 spiro atoms. The van der Waals surface area contributed by atoms with Gasteiger partial charge in [-0.15, -0.1) is 0 Å². The van der Waals surface area contributed by atoms with Gasteiger partial charge in [0.1, 0.15) is 0 Å². The van der Waals surface area contributed by atoms with Crippen molar-refractivity contribution in [3.8, 4) is 0 Å². The van der Waals surface area contributed by atoms with Crippen LogP contribution < -0.4 is 5.32 Å². The summed E-state index contributed by atoms with van der Waals surface area (Å²) in [7, 11) is 1.37. The van der Waals surface area contributed by atoms with Gasteiger partial charge in [-0.25, -0.2) is 4.79 Å². The van der Waals surface area contributed by atoms with Crippen LogP contribution in [0.15, 0.2) is 66.7 Å². The van der Waals surface area contributed by atoms with Crippen LogP contribution in [0.2, 0.25) is 0 Å². The smallest absolute Gasteiger partial charge is 0.332 e. The molecule has 0 unspecified atom stereocenters. The molecule has 0 atom stereocenters. The van der Waals surface area contributed by atoms with Crippen LogP contribution >= 0.6 is 0 Å². The molecule has 0 saturated heterocycles. The average Bonchev–Trinajstić information content (AvgIpc) is 2.53. The third kappa shape index (κ3) is 3.99. The van der Waals surface area contributed by atoms with Crippen LogP contribution in [0.1, 0.15) is 11.1 Å². The Morgan fingerprint density at radius 3 is 2.25 bits per heavy atom. The number of benzene rings is 2. The van der Waals surface area contributed by atoms with Crippen LogP contribution in [-0.4, -0.2) is 13.1 Å². The first-order chi connectivity index (χ1) is 9.79. The quantitative estimate of drug-likeness (QED) is 0.668. The van der Waals surface area contributed by atoms with Crippen molar-refractivity contribution in [3.63, 3.8) is 0 Å². The number of nitrogens with one attached hydrogen (secondary N) is 1. The van der Waals surface area contributed by atoms with E-state index in [1.807, 2.05) is 60.7 Å². The summed E-state index contributed by atoms with van der Waals surface area (Å²) >= 11 is 0. The largest absolute Gasteiger partial charge is 0.466 e. The summed E-state index contributed by atoms with van der Waals surface area (Å²) in [6.07, 6.45) is 1.47. The summed E-state index contributed by atoms with van der Waals surface area (Å²) in [5, 5.41) is 3.28. The van der Waals surface area contributed by atoms with E-state index in [-0.39, 0.29) is 5.97 Å². The zero-order valence-electron chi connectivity index (χ0n) is 11.4. The summed E-state index contributed by atoms with van der Waals surface area (Å²) in [5.41, 5.74) is 2.86. The molecule has 0 aromatic heterocycles. The van der Waals surface area contributed by atoms with Crippen LogP contribution in [0.4, 0.5) is 0 Å². The highest BCUT2D eigenvalue weighted by Gasteiger charge is 2.04. The van der Waals surface area contributed by atoms with E-state index in [9.17, 15) is 4.79 Å². The van der Waals surface area contributed by atoms with Crippen molar-refractivity contribution in [2.45, 2.75) is 6.54 Å². The minimum atomic E-state index is -0.371. The zero-order valence-corrected chi connectivity index (χ0v) is 11.4. The summed E-state index contributed by atoms with van der Waals surface area (Å²) < 4.78 is 4.70. The molecule has 102 valence electrons. The maximum absolute atomic E-state index is 11.5. The fraction of sp³-hybridized carbons (Fsp3) is 0.118. The Morgan fingerprint density at radius 2 is 1.65 bits per heavy atom. The highest BCUT2D eigenvalue weighted by Crippen LogP contribution is 2.12. The molecule has 3 heteroatoms. The minimum absolute atomic E-state index is 0.371. The lowest BCUT2D eigenvalue weighted by atomic mass is 10.1. The lowest BCUT2D eigenvalue weighted by molar-refractivity contribution is -0.134. The van der Waals surface area contributed by atoms with Crippen molar-refractivity contribution < 1.29 is 9.53 Å². The van der Waals surface area contributed by atoms with Gasteiger partial charge in [0.15, 0.2) is 0 Å². The number of ether oxygens (including phenoxy) is 1. The van der Waals surface area contributed by atoms with Gasteiger partial charge in [-0.2, -0.15) is 0 Å². The van der Waals surface area contributed by atoms with E-state index in [2.05, 4.69) is 5.32 Å². The first kappa shape index (κ1) is 13.9. The first-order valence-electron chi connectivity index (χ1n) is 6.42. The predicted molar refractivity (Wildman–Crippen MR) is 79.7 cm³/mol. The molecule has 0 amide bonds. The fourth-order valence-corrected chi connectivity index (χ4v) is 1.82. The van der Waals surface area contributed by atoms with E-state index in [4.69, 9.17) is 4.74 Å². The molecule has 2 rings (SSSR count). The van der Waals surface area contributed by atoms with E-state index < -0.39 is 0 Å².